The summed E-state index contributed by atoms with van der Waals surface area (Å²) in [6, 6.07) is 0. The maximum Gasteiger partial charge on any atom is 0.0985 e. The first-order valence-corrected chi connectivity index (χ1v) is 24.3. The van der Waals surface area contributed by atoms with Crippen LogP contribution < -0.4 is 10.2 Å². The van der Waals surface area contributed by atoms with Gasteiger partial charge in [-0.05, 0) is 67.2 Å². The lowest BCUT2D eigenvalue weighted by atomic mass is 10.0. The summed E-state index contributed by atoms with van der Waals surface area (Å²) in [6.45, 7) is 29.4. The van der Waals surface area contributed by atoms with Crippen molar-refractivity contribution in [3.8, 4) is 0 Å². The molecule has 0 heterocycles. The number of aliphatic hydroxyl groups is 1. The molecule has 0 aliphatic carbocycles. The highest BCUT2D eigenvalue weighted by atomic mass is 16.4. The van der Waals surface area contributed by atoms with E-state index < -0.39 is 24.5 Å². The maximum absolute atomic E-state index is 9.58. The molecule has 0 radical (unpaired) electrons. The van der Waals surface area contributed by atoms with Gasteiger partial charge in [0, 0.05) is 12.4 Å². The van der Waals surface area contributed by atoms with Crippen LogP contribution in [0.25, 0.3) is 0 Å². The quantitative estimate of drug-likeness (QED) is 0.0494. The minimum atomic E-state index is -1.96. The van der Waals surface area contributed by atoms with Crippen LogP contribution in [0.5, 0.6) is 0 Å². The fourth-order valence-electron chi connectivity index (χ4n) is 7.82. The van der Waals surface area contributed by atoms with Crippen molar-refractivity contribution in [2.45, 2.75) is 248 Å². The molecule has 0 fully saturated rings. The third-order valence-electron chi connectivity index (χ3n) is 12.6. The standard InChI is InChI=1S/2C22H48N.C4H6O5/c2*1-5-9-10-11-12-13-14-15-16-17-18-19-20-21-22-23(6-2,7-3)8-4;5-2(4(8)9)1-3(6)7/h2*5-22H2,1-4H3;2,5H,1H2,(H,6,7)(H,8,9)/q2*+1;/p-2. The molecular formula is C48H100N2O5. The number of quaternary nitrogens is 2. The van der Waals surface area contributed by atoms with Gasteiger partial charge in [0.25, 0.3) is 0 Å². The highest BCUT2D eigenvalue weighted by molar-refractivity contribution is 5.77. The zero-order chi connectivity index (χ0) is 41.9. The number of aliphatic hydroxyl groups excluding tert-OH is 1. The number of rotatable bonds is 39. The maximum atomic E-state index is 9.58. The number of hydrogen-bond donors (Lipinski definition) is 1. The van der Waals surface area contributed by atoms with Gasteiger partial charge in [0.2, 0.25) is 0 Å². The molecule has 0 aromatic rings. The summed E-state index contributed by atoms with van der Waals surface area (Å²) in [5.74, 6) is -3.43. The van der Waals surface area contributed by atoms with Crippen LogP contribution in [0.4, 0.5) is 0 Å². The number of nitrogens with zero attached hydrogens (tertiary/aromatic N) is 2. The Morgan fingerprint density at radius 2 is 0.582 bits per heavy atom. The van der Waals surface area contributed by atoms with Gasteiger partial charge in [-0.3, -0.25) is 0 Å². The zero-order valence-electron chi connectivity index (χ0n) is 38.7. The number of carbonyl (C=O) groups excluding carboxylic acids is 2. The largest absolute Gasteiger partial charge is 0.550 e. The van der Waals surface area contributed by atoms with Gasteiger partial charge in [-0.15, -0.1) is 0 Å². The molecule has 0 aromatic heterocycles. The number of carbonyl (C=O) groups is 2. The minimum Gasteiger partial charge on any atom is -0.550 e. The van der Waals surface area contributed by atoms with Crippen molar-refractivity contribution >= 4 is 11.9 Å². The van der Waals surface area contributed by atoms with Crippen molar-refractivity contribution in [1.82, 2.24) is 0 Å². The molecule has 7 heteroatoms. The van der Waals surface area contributed by atoms with Gasteiger partial charge in [-0.25, -0.2) is 0 Å². The lowest BCUT2D eigenvalue weighted by molar-refractivity contribution is -0.923. The number of hydrogen-bond acceptors (Lipinski definition) is 5. The van der Waals surface area contributed by atoms with Crippen molar-refractivity contribution in [3.63, 3.8) is 0 Å². The molecule has 0 rings (SSSR count). The van der Waals surface area contributed by atoms with Crippen molar-refractivity contribution in [2.24, 2.45) is 0 Å². The fraction of sp³-hybridized carbons (Fsp3) is 0.958. The van der Waals surface area contributed by atoms with E-state index in [2.05, 4.69) is 55.4 Å². The predicted octanol–water partition coefficient (Wildman–Crippen LogP) is 10.9. The third-order valence-corrected chi connectivity index (χ3v) is 12.6. The molecule has 1 N–H and O–H groups in total. The van der Waals surface area contributed by atoms with E-state index in [1.165, 1.54) is 241 Å². The number of carboxylic acids is 2. The molecule has 0 aliphatic heterocycles. The smallest absolute Gasteiger partial charge is 0.0985 e. The van der Waals surface area contributed by atoms with E-state index in [9.17, 15) is 19.8 Å². The van der Waals surface area contributed by atoms with Crippen LogP contribution in [0.15, 0.2) is 0 Å². The van der Waals surface area contributed by atoms with Gasteiger partial charge < -0.3 is 33.9 Å². The molecule has 0 saturated heterocycles. The highest BCUT2D eigenvalue weighted by Gasteiger charge is 2.20. The SMILES string of the molecule is CCCCCCCCCCCCCCCC[N+](CC)(CC)CC.CCCCCCCCCCCCCCCC[N+](CC)(CC)CC.O=C([O-])CC(O)C(=O)[O-]. The molecule has 0 saturated carbocycles. The molecule has 0 spiro atoms. The van der Waals surface area contributed by atoms with Gasteiger partial charge in [0.05, 0.1) is 64.4 Å². The molecule has 0 amide bonds. The summed E-state index contributed by atoms with van der Waals surface area (Å²) >= 11 is 0. The lowest BCUT2D eigenvalue weighted by Crippen LogP contribution is -2.48. The van der Waals surface area contributed by atoms with Crippen LogP contribution >= 0.6 is 0 Å². The first-order valence-electron chi connectivity index (χ1n) is 24.3. The Balaban J connectivity index is -0.000000805. The van der Waals surface area contributed by atoms with E-state index in [1.807, 2.05) is 0 Å². The molecule has 1 atom stereocenters. The molecule has 332 valence electrons. The Labute approximate surface area is 345 Å². The molecule has 0 aliphatic rings. The molecule has 55 heavy (non-hydrogen) atoms. The van der Waals surface area contributed by atoms with Crippen LogP contribution in [-0.2, 0) is 9.59 Å². The van der Waals surface area contributed by atoms with Gasteiger partial charge in [0.1, 0.15) is 0 Å². The Morgan fingerprint density at radius 1 is 0.382 bits per heavy atom. The number of unbranched alkanes of at least 4 members (excludes halogenated alkanes) is 26. The molecule has 1 unspecified atom stereocenters. The molecule has 7 nitrogen and oxygen atoms in total. The average Bonchev–Trinajstić information content (AvgIpc) is 3.19. The Hall–Kier alpha value is -1.18. The summed E-state index contributed by atoms with van der Waals surface area (Å²) < 4.78 is 2.66. The Kier molecular flexibility index (Phi) is 46.4. The van der Waals surface area contributed by atoms with Gasteiger partial charge in [0.15, 0.2) is 0 Å². The van der Waals surface area contributed by atoms with E-state index in [0.717, 1.165) is 0 Å². The Bertz CT molecular complexity index is 720. The van der Waals surface area contributed by atoms with Gasteiger partial charge >= 0.3 is 0 Å². The van der Waals surface area contributed by atoms with E-state index in [0.29, 0.717) is 0 Å². The van der Waals surface area contributed by atoms with E-state index in [-0.39, 0.29) is 0 Å². The van der Waals surface area contributed by atoms with Crippen LogP contribution in [0.2, 0.25) is 0 Å². The monoisotopic (exact) mass is 785 g/mol. The van der Waals surface area contributed by atoms with E-state index in [4.69, 9.17) is 5.11 Å². The summed E-state index contributed by atoms with van der Waals surface area (Å²) in [7, 11) is 0. The van der Waals surface area contributed by atoms with Crippen molar-refractivity contribution in [1.29, 1.82) is 0 Å². The van der Waals surface area contributed by atoms with Crippen LogP contribution in [0, 0.1) is 0 Å². The average molecular weight is 785 g/mol. The summed E-state index contributed by atoms with van der Waals surface area (Å²) in [5.41, 5.74) is 0. The third kappa shape index (κ3) is 39.4. The van der Waals surface area contributed by atoms with Crippen molar-refractivity contribution in [3.05, 3.63) is 0 Å². The first-order chi connectivity index (χ1) is 26.5. The second kappa shape index (κ2) is 43.9. The normalized spacial score (nSPS) is 12.1. The van der Waals surface area contributed by atoms with Gasteiger partial charge in [-0.1, -0.05) is 168 Å². The minimum absolute atomic E-state index is 0.928. The number of carboxylic acid groups (broad SMARTS) is 2. The predicted molar refractivity (Wildman–Crippen MR) is 235 cm³/mol. The van der Waals surface area contributed by atoms with Crippen molar-refractivity contribution in [2.75, 3.05) is 52.4 Å². The summed E-state index contributed by atoms with van der Waals surface area (Å²) in [6.07, 6.45) is 38.0. The highest BCUT2D eigenvalue weighted by Crippen LogP contribution is 2.16. The zero-order valence-corrected chi connectivity index (χ0v) is 38.7. The number of aliphatic carboxylic acids is 2. The van der Waals surface area contributed by atoms with Crippen molar-refractivity contribution < 1.29 is 33.9 Å². The van der Waals surface area contributed by atoms with Crippen LogP contribution in [-0.4, -0.2) is 84.5 Å². The Morgan fingerprint density at radius 3 is 0.727 bits per heavy atom. The lowest BCUT2D eigenvalue weighted by Gasteiger charge is -2.35. The summed E-state index contributed by atoms with van der Waals surface area (Å²) in [5, 5.41) is 27.3. The summed E-state index contributed by atoms with van der Waals surface area (Å²) in [4.78, 5) is 19.1. The second-order valence-corrected chi connectivity index (χ2v) is 16.6. The van der Waals surface area contributed by atoms with Gasteiger partial charge in [-0.2, -0.15) is 0 Å². The second-order valence-electron chi connectivity index (χ2n) is 16.6. The topological polar surface area (TPSA) is 100 Å². The molecule has 0 bridgehead atoms. The molecule has 0 aromatic carbocycles. The first kappa shape index (κ1) is 58.1. The fourth-order valence-corrected chi connectivity index (χ4v) is 7.82. The molecular weight excluding hydrogens is 685 g/mol. The van der Waals surface area contributed by atoms with Crippen LogP contribution in [0.1, 0.15) is 242 Å². The van der Waals surface area contributed by atoms with E-state index >= 15 is 0 Å². The van der Waals surface area contributed by atoms with E-state index in [1.54, 1.807) is 0 Å². The van der Waals surface area contributed by atoms with Crippen LogP contribution in [0.3, 0.4) is 0 Å².